The van der Waals surface area contributed by atoms with Crippen LogP contribution in [0.25, 0.3) is 11.3 Å². The largest absolute Gasteiger partial charge is 0.494 e. The van der Waals surface area contributed by atoms with Gasteiger partial charge in [0, 0.05) is 11.3 Å². The number of methoxy groups -OCH3 is 1. The Hall–Kier alpha value is -1.90. The van der Waals surface area contributed by atoms with Crippen LogP contribution in [0.15, 0.2) is 36.4 Å². The number of hydrogen-bond acceptors (Lipinski definition) is 2. The lowest BCUT2D eigenvalue weighted by atomic mass is 10.1. The van der Waals surface area contributed by atoms with Gasteiger partial charge in [-0.15, -0.1) is 0 Å². The van der Waals surface area contributed by atoms with Gasteiger partial charge in [-0.05, 0) is 31.2 Å². The number of pyridine rings is 1. The molecule has 3 heteroatoms. The van der Waals surface area contributed by atoms with Gasteiger partial charge in [0.15, 0.2) is 11.6 Å². The molecule has 2 rings (SSSR count). The number of nitrogens with zero attached hydrogens (tertiary/aromatic N) is 1. The molecule has 0 N–H and O–H groups in total. The molecule has 1 heterocycles. The van der Waals surface area contributed by atoms with Crippen molar-refractivity contribution in [2.75, 3.05) is 7.11 Å². The molecule has 0 amide bonds. The van der Waals surface area contributed by atoms with E-state index in [9.17, 15) is 4.39 Å². The minimum Gasteiger partial charge on any atom is -0.494 e. The van der Waals surface area contributed by atoms with Crippen LogP contribution in [0.2, 0.25) is 0 Å². The van der Waals surface area contributed by atoms with E-state index in [2.05, 4.69) is 4.98 Å². The summed E-state index contributed by atoms with van der Waals surface area (Å²) in [5.74, 6) is -0.135. The molecule has 0 fully saturated rings. The number of benzene rings is 1. The molecule has 2 nitrogen and oxygen atoms in total. The van der Waals surface area contributed by atoms with E-state index in [4.69, 9.17) is 4.74 Å². The molecule has 1 aromatic carbocycles. The van der Waals surface area contributed by atoms with E-state index >= 15 is 0 Å². The second-order valence-electron chi connectivity index (χ2n) is 3.49. The molecule has 0 bridgehead atoms. The van der Waals surface area contributed by atoms with Crippen molar-refractivity contribution in [3.05, 3.63) is 47.9 Å². The van der Waals surface area contributed by atoms with Gasteiger partial charge in [-0.1, -0.05) is 12.1 Å². The van der Waals surface area contributed by atoms with Crippen LogP contribution in [0, 0.1) is 12.7 Å². The van der Waals surface area contributed by atoms with Gasteiger partial charge in [-0.2, -0.15) is 0 Å². The number of hydrogen-bond donors (Lipinski definition) is 0. The Morgan fingerprint density at radius 3 is 2.56 bits per heavy atom. The van der Waals surface area contributed by atoms with E-state index in [1.807, 2.05) is 19.1 Å². The molecule has 0 radical (unpaired) electrons. The third kappa shape index (κ3) is 1.89. The van der Waals surface area contributed by atoms with Crippen LogP contribution >= 0.6 is 0 Å². The fraction of sp³-hybridized carbons (Fsp3) is 0.154. The van der Waals surface area contributed by atoms with Gasteiger partial charge in [-0.3, -0.25) is 4.98 Å². The van der Waals surface area contributed by atoms with Crippen molar-refractivity contribution in [1.29, 1.82) is 0 Å². The summed E-state index contributed by atoms with van der Waals surface area (Å²) in [7, 11) is 1.45. The van der Waals surface area contributed by atoms with Crippen molar-refractivity contribution < 1.29 is 9.13 Å². The maximum absolute atomic E-state index is 13.9. The van der Waals surface area contributed by atoms with Gasteiger partial charge in [0.05, 0.1) is 12.8 Å². The number of rotatable bonds is 2. The van der Waals surface area contributed by atoms with Crippen LogP contribution in [-0.4, -0.2) is 12.1 Å². The number of ether oxygens (including phenoxy) is 1. The van der Waals surface area contributed by atoms with Crippen LogP contribution in [0.4, 0.5) is 4.39 Å². The van der Waals surface area contributed by atoms with E-state index in [1.165, 1.54) is 7.11 Å². The SMILES string of the molecule is COc1cccc(-c2cccc(C)n2)c1F. The Balaban J connectivity index is 2.56. The molecular formula is C13H12FNO. The topological polar surface area (TPSA) is 22.1 Å². The average molecular weight is 217 g/mol. The molecule has 0 atom stereocenters. The summed E-state index contributed by atoms with van der Waals surface area (Å²) in [5.41, 5.74) is 1.94. The zero-order valence-corrected chi connectivity index (χ0v) is 9.20. The molecule has 82 valence electrons. The highest BCUT2D eigenvalue weighted by Crippen LogP contribution is 2.27. The van der Waals surface area contributed by atoms with Crippen molar-refractivity contribution in [2.24, 2.45) is 0 Å². The van der Waals surface area contributed by atoms with E-state index < -0.39 is 0 Å². The van der Waals surface area contributed by atoms with Crippen molar-refractivity contribution in [3.63, 3.8) is 0 Å². The monoisotopic (exact) mass is 217 g/mol. The van der Waals surface area contributed by atoms with Crippen LogP contribution in [0.5, 0.6) is 5.75 Å². The molecule has 0 saturated carbocycles. The zero-order valence-electron chi connectivity index (χ0n) is 9.20. The van der Waals surface area contributed by atoms with Gasteiger partial charge in [-0.25, -0.2) is 4.39 Å². The second-order valence-corrected chi connectivity index (χ2v) is 3.49. The predicted octanol–water partition coefficient (Wildman–Crippen LogP) is 3.20. The van der Waals surface area contributed by atoms with Crippen molar-refractivity contribution in [2.45, 2.75) is 6.92 Å². The van der Waals surface area contributed by atoms with E-state index in [-0.39, 0.29) is 11.6 Å². The zero-order chi connectivity index (χ0) is 11.5. The molecular weight excluding hydrogens is 205 g/mol. The standard InChI is InChI=1S/C13H12FNO/c1-9-5-3-7-11(15-9)10-6-4-8-12(16-2)13(10)14/h3-8H,1-2H3. The number of aryl methyl sites for hydroxylation is 1. The van der Waals surface area contributed by atoms with E-state index in [1.54, 1.807) is 24.3 Å². The molecule has 0 aliphatic heterocycles. The van der Waals surface area contributed by atoms with Gasteiger partial charge in [0.25, 0.3) is 0 Å². The third-order valence-corrected chi connectivity index (χ3v) is 2.35. The first-order valence-corrected chi connectivity index (χ1v) is 4.99. The quantitative estimate of drug-likeness (QED) is 0.770. The lowest BCUT2D eigenvalue weighted by Gasteiger charge is -2.07. The summed E-state index contributed by atoms with van der Waals surface area (Å²) in [6.07, 6.45) is 0. The highest BCUT2D eigenvalue weighted by atomic mass is 19.1. The average Bonchev–Trinajstić information content (AvgIpc) is 2.29. The van der Waals surface area contributed by atoms with Gasteiger partial charge < -0.3 is 4.74 Å². The Kier molecular flexibility index (Phi) is 2.86. The van der Waals surface area contributed by atoms with Crippen LogP contribution in [0.1, 0.15) is 5.69 Å². The van der Waals surface area contributed by atoms with Crippen molar-refractivity contribution in [1.82, 2.24) is 4.98 Å². The molecule has 0 aliphatic carbocycles. The molecule has 0 aliphatic rings. The fourth-order valence-electron chi connectivity index (χ4n) is 1.56. The lowest BCUT2D eigenvalue weighted by Crippen LogP contribution is -1.93. The summed E-state index contributed by atoms with van der Waals surface area (Å²) < 4.78 is 18.9. The summed E-state index contributed by atoms with van der Waals surface area (Å²) in [4.78, 5) is 4.28. The maximum Gasteiger partial charge on any atom is 0.174 e. The van der Waals surface area contributed by atoms with Crippen LogP contribution in [0.3, 0.4) is 0 Å². The minimum absolute atomic E-state index is 0.237. The highest BCUT2D eigenvalue weighted by molar-refractivity contribution is 5.62. The van der Waals surface area contributed by atoms with Gasteiger partial charge in [0.2, 0.25) is 0 Å². The minimum atomic E-state index is -0.372. The first kappa shape index (κ1) is 10.6. The Morgan fingerprint density at radius 2 is 1.88 bits per heavy atom. The Morgan fingerprint density at radius 1 is 1.12 bits per heavy atom. The Bertz CT molecular complexity index is 511. The van der Waals surface area contributed by atoms with E-state index in [0.29, 0.717) is 11.3 Å². The van der Waals surface area contributed by atoms with Crippen molar-refractivity contribution in [3.8, 4) is 17.0 Å². The highest BCUT2D eigenvalue weighted by Gasteiger charge is 2.10. The summed E-state index contributed by atoms with van der Waals surface area (Å²) in [6, 6.07) is 10.6. The lowest BCUT2D eigenvalue weighted by molar-refractivity contribution is 0.387. The number of halogens is 1. The van der Waals surface area contributed by atoms with E-state index in [0.717, 1.165) is 5.69 Å². The predicted molar refractivity (Wildman–Crippen MR) is 60.9 cm³/mol. The smallest absolute Gasteiger partial charge is 0.174 e. The Labute approximate surface area is 93.7 Å². The first-order chi connectivity index (χ1) is 7.72. The van der Waals surface area contributed by atoms with Crippen molar-refractivity contribution >= 4 is 0 Å². The van der Waals surface area contributed by atoms with Gasteiger partial charge >= 0.3 is 0 Å². The number of aromatic nitrogens is 1. The van der Waals surface area contributed by atoms with Crippen LogP contribution < -0.4 is 4.74 Å². The maximum atomic E-state index is 13.9. The normalized spacial score (nSPS) is 10.2. The van der Waals surface area contributed by atoms with Crippen LogP contribution in [-0.2, 0) is 0 Å². The molecule has 0 spiro atoms. The second kappa shape index (κ2) is 4.31. The molecule has 2 aromatic rings. The molecule has 0 saturated heterocycles. The first-order valence-electron chi connectivity index (χ1n) is 4.99. The molecule has 1 aromatic heterocycles. The molecule has 16 heavy (non-hydrogen) atoms. The summed E-state index contributed by atoms with van der Waals surface area (Å²) in [6.45, 7) is 1.88. The molecule has 0 unspecified atom stereocenters. The van der Waals surface area contributed by atoms with Gasteiger partial charge in [0.1, 0.15) is 0 Å². The fourth-order valence-corrected chi connectivity index (χ4v) is 1.56. The third-order valence-electron chi connectivity index (χ3n) is 2.35. The summed E-state index contributed by atoms with van der Waals surface area (Å²) >= 11 is 0. The summed E-state index contributed by atoms with van der Waals surface area (Å²) in [5, 5.41) is 0.